The average Bonchev–Trinajstić information content (AvgIpc) is 2.76. The van der Waals surface area contributed by atoms with Crippen LogP contribution in [0.25, 0.3) is 0 Å². The second-order valence-electron chi connectivity index (χ2n) is 10.8. The molecule has 3 unspecified atom stereocenters. The van der Waals surface area contributed by atoms with Gasteiger partial charge in [-0.25, -0.2) is 0 Å². The first-order chi connectivity index (χ1) is 16.5. The predicted molar refractivity (Wildman–Crippen MR) is 138 cm³/mol. The maximum Gasteiger partial charge on any atom is 0.308 e. The molecule has 10 nitrogen and oxygen atoms in total. The third-order valence-corrected chi connectivity index (χ3v) is 5.44. The molecule has 0 radical (unpaired) electrons. The summed E-state index contributed by atoms with van der Waals surface area (Å²) in [6, 6.07) is 0. The van der Waals surface area contributed by atoms with Gasteiger partial charge in [-0.3, -0.25) is 14.4 Å². The molecule has 36 heavy (non-hydrogen) atoms. The number of hydrogen-bond donors (Lipinski definition) is 6. The van der Waals surface area contributed by atoms with E-state index in [1.165, 1.54) is 6.92 Å². The van der Waals surface area contributed by atoms with Gasteiger partial charge in [0.15, 0.2) is 0 Å². The van der Waals surface area contributed by atoms with Gasteiger partial charge in [-0.1, -0.05) is 54.4 Å². The summed E-state index contributed by atoms with van der Waals surface area (Å²) >= 11 is 0. The van der Waals surface area contributed by atoms with Crippen LogP contribution in [-0.2, 0) is 19.1 Å². The standard InChI is InChI=1S/C9H18O6.C9H18O2.C8H16O2/c1-7(8(13)14)2-15-6-9(3-10,4-11)5-12;1-7(5-8(10)11)6-9(2,3)4;1-3-5-6-7(4-2)8(9)10/h7,10-12H,2-6H2,1H3,(H,13,14);7H,5-6H2,1-4H3,(H,10,11);7H,3-6H2,1-2H3,(H,9,10). The number of ether oxygens (including phenoxy) is 1. The Hall–Kier alpha value is -1.75. The van der Waals surface area contributed by atoms with Gasteiger partial charge in [0, 0.05) is 6.42 Å². The van der Waals surface area contributed by atoms with Gasteiger partial charge in [0.1, 0.15) is 0 Å². The molecule has 0 heterocycles. The first-order valence-corrected chi connectivity index (χ1v) is 12.6. The normalized spacial score (nSPS) is 13.8. The number of aliphatic hydroxyl groups excluding tert-OH is 3. The Kier molecular flexibility index (Phi) is 23.0. The van der Waals surface area contributed by atoms with E-state index in [2.05, 4.69) is 27.7 Å². The highest BCUT2D eigenvalue weighted by Crippen LogP contribution is 2.25. The number of hydrogen-bond acceptors (Lipinski definition) is 7. The van der Waals surface area contributed by atoms with Crippen molar-refractivity contribution in [1.82, 2.24) is 0 Å². The minimum Gasteiger partial charge on any atom is -0.481 e. The van der Waals surface area contributed by atoms with Crippen LogP contribution in [0, 0.1) is 28.6 Å². The Morgan fingerprint density at radius 3 is 1.67 bits per heavy atom. The van der Waals surface area contributed by atoms with Crippen LogP contribution in [0.5, 0.6) is 0 Å². The van der Waals surface area contributed by atoms with Crippen LogP contribution in [0.1, 0.15) is 87.0 Å². The van der Waals surface area contributed by atoms with Gasteiger partial charge in [-0.15, -0.1) is 0 Å². The quantitative estimate of drug-likeness (QED) is 0.175. The molecule has 10 heteroatoms. The molecular formula is C26H52O10. The second-order valence-corrected chi connectivity index (χ2v) is 10.8. The van der Waals surface area contributed by atoms with E-state index in [1.807, 2.05) is 13.8 Å². The fraction of sp³-hybridized carbons (Fsp3) is 0.885. The van der Waals surface area contributed by atoms with Gasteiger partial charge >= 0.3 is 17.9 Å². The summed E-state index contributed by atoms with van der Waals surface area (Å²) in [5.41, 5.74) is -0.854. The number of carbonyl (C=O) groups is 3. The van der Waals surface area contributed by atoms with Crippen LogP contribution in [0.2, 0.25) is 0 Å². The predicted octanol–water partition coefficient (Wildman–Crippen LogP) is 3.51. The molecule has 0 aromatic rings. The molecule has 0 aromatic carbocycles. The fourth-order valence-corrected chi connectivity index (χ4v) is 3.18. The van der Waals surface area contributed by atoms with Gasteiger partial charge in [0.05, 0.1) is 50.3 Å². The molecule has 0 spiro atoms. The zero-order chi connectivity index (χ0) is 28.9. The fourth-order valence-electron chi connectivity index (χ4n) is 3.18. The van der Waals surface area contributed by atoms with Crippen molar-refractivity contribution in [3.05, 3.63) is 0 Å². The summed E-state index contributed by atoms with van der Waals surface area (Å²) < 4.78 is 5.03. The first-order valence-electron chi connectivity index (χ1n) is 12.6. The molecule has 0 rings (SSSR count). The van der Waals surface area contributed by atoms with Gasteiger partial charge in [0.25, 0.3) is 0 Å². The van der Waals surface area contributed by atoms with Crippen molar-refractivity contribution in [2.75, 3.05) is 33.0 Å². The van der Waals surface area contributed by atoms with E-state index in [0.717, 1.165) is 32.1 Å². The van der Waals surface area contributed by atoms with Crippen LogP contribution >= 0.6 is 0 Å². The molecule has 216 valence electrons. The summed E-state index contributed by atoms with van der Waals surface area (Å²) in [6.45, 7) is 12.5. The Morgan fingerprint density at radius 2 is 1.36 bits per heavy atom. The van der Waals surface area contributed by atoms with Crippen molar-refractivity contribution < 1.29 is 49.8 Å². The molecular weight excluding hydrogens is 472 g/mol. The van der Waals surface area contributed by atoms with E-state index in [1.54, 1.807) is 0 Å². The number of aliphatic carboxylic acids is 3. The molecule has 3 atom stereocenters. The van der Waals surface area contributed by atoms with Gasteiger partial charge in [0.2, 0.25) is 0 Å². The van der Waals surface area contributed by atoms with E-state index in [9.17, 15) is 14.4 Å². The molecule has 0 bridgehead atoms. The molecule has 0 saturated heterocycles. The smallest absolute Gasteiger partial charge is 0.308 e. The highest BCUT2D eigenvalue weighted by atomic mass is 16.5. The molecule has 6 N–H and O–H groups in total. The summed E-state index contributed by atoms with van der Waals surface area (Å²) in [5.74, 6) is -2.79. The third kappa shape index (κ3) is 22.7. The van der Waals surface area contributed by atoms with Gasteiger partial charge in [-0.2, -0.15) is 0 Å². The topological polar surface area (TPSA) is 182 Å². The Morgan fingerprint density at radius 1 is 0.861 bits per heavy atom. The van der Waals surface area contributed by atoms with E-state index >= 15 is 0 Å². The monoisotopic (exact) mass is 524 g/mol. The van der Waals surface area contributed by atoms with Crippen molar-refractivity contribution in [2.24, 2.45) is 28.6 Å². The van der Waals surface area contributed by atoms with Gasteiger partial charge < -0.3 is 35.4 Å². The SMILES string of the molecule is CC(CC(=O)O)CC(C)(C)C.CC(COCC(CO)(CO)CO)C(=O)O.CCCCC(CC)C(=O)O. The lowest BCUT2D eigenvalue weighted by atomic mass is 9.84. The largest absolute Gasteiger partial charge is 0.481 e. The van der Waals surface area contributed by atoms with Crippen molar-refractivity contribution in [2.45, 2.75) is 87.0 Å². The Labute approximate surface area is 216 Å². The zero-order valence-electron chi connectivity index (χ0n) is 23.3. The van der Waals surface area contributed by atoms with Crippen LogP contribution in [-0.4, -0.2) is 81.6 Å². The summed E-state index contributed by atoms with van der Waals surface area (Å²) in [5, 5.41) is 52.4. The maximum atomic E-state index is 10.4. The Balaban J connectivity index is -0.000000466. The van der Waals surface area contributed by atoms with E-state index in [0.29, 0.717) is 0 Å². The lowest BCUT2D eigenvalue weighted by molar-refractivity contribution is -0.144. The molecule has 0 aromatic heterocycles. The highest BCUT2D eigenvalue weighted by Gasteiger charge is 2.29. The maximum absolute atomic E-state index is 10.4. The number of rotatable bonds is 16. The van der Waals surface area contributed by atoms with Crippen LogP contribution in [0.15, 0.2) is 0 Å². The molecule has 0 saturated carbocycles. The molecule has 0 aliphatic heterocycles. The zero-order valence-corrected chi connectivity index (χ0v) is 23.3. The first kappa shape index (κ1) is 38.8. The van der Waals surface area contributed by atoms with E-state index in [4.69, 9.17) is 35.4 Å². The van der Waals surface area contributed by atoms with Crippen molar-refractivity contribution in [3.8, 4) is 0 Å². The molecule has 0 amide bonds. The van der Waals surface area contributed by atoms with E-state index < -0.39 is 49.1 Å². The van der Waals surface area contributed by atoms with Crippen LogP contribution in [0.4, 0.5) is 0 Å². The van der Waals surface area contributed by atoms with E-state index in [-0.39, 0.29) is 36.9 Å². The number of aliphatic hydroxyl groups is 3. The minimum atomic E-state index is -1.10. The lowest BCUT2D eigenvalue weighted by Gasteiger charge is -2.27. The highest BCUT2D eigenvalue weighted by molar-refractivity contribution is 5.70. The van der Waals surface area contributed by atoms with Crippen LogP contribution < -0.4 is 0 Å². The Bertz CT molecular complexity index is 573. The minimum absolute atomic E-state index is 0.0168. The molecule has 0 aliphatic rings. The second kappa shape index (κ2) is 21.3. The number of unbranched alkanes of at least 4 members (excludes halogenated alkanes) is 1. The number of carboxylic acid groups (broad SMARTS) is 3. The lowest BCUT2D eigenvalue weighted by Crippen LogP contribution is -2.39. The average molecular weight is 525 g/mol. The summed E-state index contributed by atoms with van der Waals surface area (Å²) in [7, 11) is 0. The molecule has 0 aliphatic carbocycles. The van der Waals surface area contributed by atoms with Crippen molar-refractivity contribution in [1.29, 1.82) is 0 Å². The van der Waals surface area contributed by atoms with Crippen LogP contribution in [0.3, 0.4) is 0 Å². The summed E-state index contributed by atoms with van der Waals surface area (Å²) in [6.07, 6.45) is 4.98. The third-order valence-electron chi connectivity index (χ3n) is 5.44. The van der Waals surface area contributed by atoms with Crippen molar-refractivity contribution in [3.63, 3.8) is 0 Å². The summed E-state index contributed by atoms with van der Waals surface area (Å²) in [4.78, 5) is 31.2. The number of carboxylic acids is 3. The molecule has 0 fully saturated rings. The van der Waals surface area contributed by atoms with Gasteiger partial charge in [-0.05, 0) is 37.5 Å². The van der Waals surface area contributed by atoms with Crippen molar-refractivity contribution >= 4 is 17.9 Å².